The van der Waals surface area contributed by atoms with Crippen LogP contribution in [0.1, 0.15) is 107 Å². The van der Waals surface area contributed by atoms with Crippen LogP contribution in [0.5, 0.6) is 0 Å². The number of aromatic amines is 1. The first-order valence-electron chi connectivity index (χ1n) is 18.0. The standard InChI is InChI=1S/C43H55N5O4/c1-40(2,3)35(47-38(49)51-42(7,8)9)33-23-32(24-44-33)27-15-13-26(14-16-27)28-17-18-30-22-31(20-19-29(30)21-28)34-25-45-37(46-34)36(41(4,5)6)48-39(50)52-43(10,11)12/h13-22,24-25,35-36H,23H2,1-12H3,(H,45,46)(H,47,49)(H,48,50)/t35-,36-/m1/s1. The molecule has 0 spiro atoms. The van der Waals surface area contributed by atoms with Gasteiger partial charge < -0.3 is 25.1 Å². The molecule has 9 nitrogen and oxygen atoms in total. The molecule has 0 saturated carbocycles. The second-order valence-corrected chi connectivity index (χ2v) is 17.9. The fraction of sp³-hybridized carbons (Fsp3) is 0.442. The van der Waals surface area contributed by atoms with Crippen molar-refractivity contribution in [2.75, 3.05) is 0 Å². The van der Waals surface area contributed by atoms with Crippen molar-refractivity contribution in [2.45, 2.75) is 113 Å². The summed E-state index contributed by atoms with van der Waals surface area (Å²) in [5.74, 6) is 0.676. The fourth-order valence-corrected chi connectivity index (χ4v) is 6.25. The van der Waals surface area contributed by atoms with E-state index >= 15 is 0 Å². The Morgan fingerprint density at radius 1 is 0.654 bits per heavy atom. The number of carbonyl (C=O) groups excluding carboxylic acids is 2. The molecule has 3 N–H and O–H groups in total. The van der Waals surface area contributed by atoms with Crippen LogP contribution in [-0.4, -0.2) is 45.1 Å². The highest BCUT2D eigenvalue weighted by molar-refractivity contribution is 6.03. The molecule has 0 unspecified atom stereocenters. The Bertz CT molecular complexity index is 1990. The van der Waals surface area contributed by atoms with Gasteiger partial charge in [-0.1, -0.05) is 90.1 Å². The van der Waals surface area contributed by atoms with Crippen LogP contribution < -0.4 is 10.6 Å². The van der Waals surface area contributed by atoms with Crippen molar-refractivity contribution in [2.24, 2.45) is 15.8 Å². The van der Waals surface area contributed by atoms with E-state index in [9.17, 15) is 9.59 Å². The van der Waals surface area contributed by atoms with Crippen molar-refractivity contribution in [3.05, 3.63) is 84.4 Å². The first-order valence-corrected chi connectivity index (χ1v) is 18.0. The highest BCUT2D eigenvalue weighted by Crippen LogP contribution is 2.35. The van der Waals surface area contributed by atoms with Gasteiger partial charge in [-0.2, -0.15) is 0 Å². The lowest BCUT2D eigenvalue weighted by atomic mass is 9.82. The zero-order valence-electron chi connectivity index (χ0n) is 32.8. The van der Waals surface area contributed by atoms with E-state index in [4.69, 9.17) is 14.5 Å². The van der Waals surface area contributed by atoms with Crippen molar-refractivity contribution < 1.29 is 19.1 Å². The lowest BCUT2D eigenvalue weighted by molar-refractivity contribution is 0.0455. The second kappa shape index (κ2) is 14.2. The van der Waals surface area contributed by atoms with Gasteiger partial charge >= 0.3 is 12.2 Å². The third-order valence-corrected chi connectivity index (χ3v) is 8.75. The van der Waals surface area contributed by atoms with Gasteiger partial charge in [0.2, 0.25) is 0 Å². The quantitative estimate of drug-likeness (QED) is 0.177. The van der Waals surface area contributed by atoms with E-state index in [2.05, 4.69) is 123 Å². The molecule has 1 aliphatic rings. The van der Waals surface area contributed by atoms with Gasteiger partial charge in [-0.3, -0.25) is 4.99 Å². The molecule has 1 aromatic heterocycles. The van der Waals surface area contributed by atoms with Gasteiger partial charge in [-0.25, -0.2) is 14.6 Å². The Kier molecular flexibility index (Phi) is 10.5. The van der Waals surface area contributed by atoms with Crippen LogP contribution in [0.4, 0.5) is 9.59 Å². The minimum atomic E-state index is -0.594. The molecule has 5 rings (SSSR count). The van der Waals surface area contributed by atoms with Gasteiger partial charge in [-0.05, 0) is 97.5 Å². The topological polar surface area (TPSA) is 118 Å². The maximum absolute atomic E-state index is 12.6. The molecule has 52 heavy (non-hydrogen) atoms. The average Bonchev–Trinajstić information content (AvgIpc) is 3.70. The number of imidazole rings is 1. The van der Waals surface area contributed by atoms with Crippen molar-refractivity contribution in [1.82, 2.24) is 20.6 Å². The Labute approximate surface area is 308 Å². The summed E-state index contributed by atoms with van der Waals surface area (Å²) in [7, 11) is 0. The van der Waals surface area contributed by atoms with Crippen molar-refractivity contribution in [3.63, 3.8) is 0 Å². The number of amides is 2. The predicted octanol–water partition coefficient (Wildman–Crippen LogP) is 10.6. The maximum atomic E-state index is 12.6. The second-order valence-electron chi connectivity index (χ2n) is 17.9. The number of fused-ring (bicyclic) bond motifs is 1. The van der Waals surface area contributed by atoms with E-state index in [1.807, 2.05) is 53.9 Å². The molecule has 0 radical (unpaired) electrons. The number of ether oxygens (including phenoxy) is 2. The van der Waals surface area contributed by atoms with Gasteiger partial charge in [0.05, 0.1) is 24.0 Å². The molecule has 4 aromatic rings. The van der Waals surface area contributed by atoms with Crippen LogP contribution in [0.25, 0.3) is 38.7 Å². The van der Waals surface area contributed by atoms with Crippen LogP contribution in [-0.2, 0) is 9.47 Å². The summed E-state index contributed by atoms with van der Waals surface area (Å²) < 4.78 is 11.1. The average molecular weight is 706 g/mol. The number of aromatic nitrogens is 2. The zero-order chi connectivity index (χ0) is 38.2. The molecular weight excluding hydrogens is 651 g/mol. The van der Waals surface area contributed by atoms with Crippen LogP contribution in [0.2, 0.25) is 0 Å². The number of hydrogen-bond donors (Lipinski definition) is 3. The van der Waals surface area contributed by atoms with Crippen LogP contribution in [0.3, 0.4) is 0 Å². The predicted molar refractivity (Wildman–Crippen MR) is 211 cm³/mol. The van der Waals surface area contributed by atoms with E-state index in [1.54, 1.807) is 0 Å². The fourth-order valence-electron chi connectivity index (χ4n) is 6.25. The smallest absolute Gasteiger partial charge is 0.408 e. The molecule has 0 fully saturated rings. The summed E-state index contributed by atoms with van der Waals surface area (Å²) in [4.78, 5) is 38.2. The first kappa shape index (κ1) is 38.3. The third-order valence-electron chi connectivity index (χ3n) is 8.75. The number of benzene rings is 3. The summed E-state index contributed by atoms with van der Waals surface area (Å²) in [6.07, 6.45) is 3.48. The summed E-state index contributed by atoms with van der Waals surface area (Å²) in [6, 6.07) is 20.8. The van der Waals surface area contributed by atoms with E-state index in [0.717, 1.165) is 50.0 Å². The lowest BCUT2D eigenvalue weighted by Crippen LogP contribution is -2.50. The number of allylic oxidation sites excluding steroid dienone is 1. The molecule has 276 valence electrons. The monoisotopic (exact) mass is 705 g/mol. The number of aliphatic imine (C=N–C) groups is 1. The molecule has 0 bridgehead atoms. The number of nitrogens with one attached hydrogen (secondary N) is 3. The van der Waals surface area contributed by atoms with E-state index < -0.39 is 23.4 Å². The van der Waals surface area contributed by atoms with Crippen LogP contribution >= 0.6 is 0 Å². The minimum Gasteiger partial charge on any atom is -0.444 e. The number of hydrogen-bond acceptors (Lipinski definition) is 6. The third kappa shape index (κ3) is 9.69. The molecule has 2 amide bonds. The lowest BCUT2D eigenvalue weighted by Gasteiger charge is -2.32. The number of alkyl carbamates (subject to hydrolysis) is 2. The van der Waals surface area contributed by atoms with Gasteiger partial charge in [0.1, 0.15) is 17.0 Å². The van der Waals surface area contributed by atoms with Gasteiger partial charge in [0.25, 0.3) is 0 Å². The zero-order valence-corrected chi connectivity index (χ0v) is 32.8. The Morgan fingerprint density at radius 2 is 1.13 bits per heavy atom. The highest BCUT2D eigenvalue weighted by Gasteiger charge is 2.34. The number of H-pyrrole nitrogens is 1. The van der Waals surface area contributed by atoms with Crippen molar-refractivity contribution >= 4 is 34.2 Å². The Balaban J connectivity index is 1.28. The number of carbonyl (C=O) groups is 2. The van der Waals surface area contributed by atoms with Gasteiger partial charge in [-0.15, -0.1) is 0 Å². The number of nitrogens with zero attached hydrogens (tertiary/aromatic N) is 2. The van der Waals surface area contributed by atoms with E-state index in [-0.39, 0.29) is 22.9 Å². The molecule has 0 aliphatic carbocycles. The molecule has 3 aromatic carbocycles. The summed E-state index contributed by atoms with van der Waals surface area (Å²) in [5, 5.41) is 8.31. The van der Waals surface area contributed by atoms with E-state index in [1.165, 1.54) is 0 Å². The molecule has 2 heterocycles. The van der Waals surface area contributed by atoms with Crippen LogP contribution in [0, 0.1) is 10.8 Å². The SMILES string of the molecule is CC(C)(C)OC(=O)N[C@H](C1=NC=C(c2ccc(-c3ccc4cc(-c5cnc([C@@H](NC(=O)OC(C)(C)C)C(C)(C)C)[nH]5)ccc4c3)cc2)C1)C(C)(C)C. The molecule has 9 heteroatoms. The molecular formula is C43H55N5O4. The van der Waals surface area contributed by atoms with Gasteiger partial charge in [0, 0.05) is 23.9 Å². The maximum Gasteiger partial charge on any atom is 0.408 e. The first-order chi connectivity index (χ1) is 24.1. The van der Waals surface area contributed by atoms with Gasteiger partial charge in [0.15, 0.2) is 0 Å². The molecule has 0 saturated heterocycles. The normalized spacial score (nSPS) is 15.1. The number of rotatable bonds is 7. The van der Waals surface area contributed by atoms with E-state index in [0.29, 0.717) is 12.2 Å². The van der Waals surface area contributed by atoms with Crippen molar-refractivity contribution in [3.8, 4) is 22.4 Å². The van der Waals surface area contributed by atoms with Crippen molar-refractivity contribution in [1.29, 1.82) is 0 Å². The Hall–Kier alpha value is -4.92. The molecule has 1 aliphatic heterocycles. The summed E-state index contributed by atoms with van der Waals surface area (Å²) in [5.41, 5.74) is 5.57. The summed E-state index contributed by atoms with van der Waals surface area (Å²) in [6.45, 7) is 23.6. The minimum absolute atomic E-state index is 0.239. The largest absolute Gasteiger partial charge is 0.444 e. The highest BCUT2D eigenvalue weighted by atomic mass is 16.6. The van der Waals surface area contributed by atoms with Crippen LogP contribution in [0.15, 0.2) is 78.1 Å². The Morgan fingerprint density at radius 3 is 1.67 bits per heavy atom. The summed E-state index contributed by atoms with van der Waals surface area (Å²) >= 11 is 0. The molecule has 2 atom stereocenters.